The van der Waals surface area contributed by atoms with E-state index in [0.29, 0.717) is 18.5 Å². The van der Waals surface area contributed by atoms with E-state index in [2.05, 4.69) is 31.4 Å². The molecule has 4 amide bonds. The average molecular weight is 430 g/mol. The predicted molar refractivity (Wildman–Crippen MR) is 115 cm³/mol. The molecule has 1 saturated carbocycles. The van der Waals surface area contributed by atoms with Crippen LogP contribution in [0.3, 0.4) is 0 Å². The maximum absolute atomic E-state index is 13.1. The number of imide groups is 1. The third-order valence-corrected chi connectivity index (χ3v) is 5.87. The van der Waals surface area contributed by atoms with Crippen molar-refractivity contribution in [3.8, 4) is 0 Å². The SMILES string of the molecule is Cc1cccc(NC(=O)[C@H](C)OC(=O)CN2C(=O)N[C@]3(C[C@H](C)CC(C)(C)C3)C2=O)c1. The largest absolute Gasteiger partial charge is 0.451 e. The maximum Gasteiger partial charge on any atom is 0.327 e. The second-order valence-electron chi connectivity index (χ2n) is 9.75. The van der Waals surface area contributed by atoms with E-state index in [1.54, 1.807) is 12.1 Å². The van der Waals surface area contributed by atoms with E-state index in [0.717, 1.165) is 16.9 Å². The lowest BCUT2D eigenvalue weighted by Crippen LogP contribution is -2.54. The molecule has 8 heteroatoms. The second kappa shape index (κ2) is 8.32. The molecule has 0 aromatic heterocycles. The van der Waals surface area contributed by atoms with Crippen LogP contribution in [0.5, 0.6) is 0 Å². The first kappa shape index (κ1) is 22.8. The zero-order chi connectivity index (χ0) is 23.0. The van der Waals surface area contributed by atoms with E-state index in [9.17, 15) is 19.2 Å². The summed E-state index contributed by atoms with van der Waals surface area (Å²) in [6.07, 6.45) is 0.960. The Morgan fingerprint density at radius 1 is 1.29 bits per heavy atom. The first-order chi connectivity index (χ1) is 14.4. The summed E-state index contributed by atoms with van der Waals surface area (Å²) in [7, 11) is 0. The molecule has 2 fully saturated rings. The summed E-state index contributed by atoms with van der Waals surface area (Å²) >= 11 is 0. The van der Waals surface area contributed by atoms with Crippen LogP contribution in [-0.2, 0) is 19.1 Å². The number of ether oxygens (including phenoxy) is 1. The Morgan fingerprint density at radius 3 is 2.65 bits per heavy atom. The Kier molecular flexibility index (Phi) is 6.11. The molecule has 3 atom stereocenters. The predicted octanol–water partition coefficient (Wildman–Crippen LogP) is 3.00. The van der Waals surface area contributed by atoms with Crippen molar-refractivity contribution in [2.75, 3.05) is 11.9 Å². The number of hydrogen-bond acceptors (Lipinski definition) is 5. The Balaban J connectivity index is 1.60. The van der Waals surface area contributed by atoms with Gasteiger partial charge in [0.2, 0.25) is 0 Å². The van der Waals surface area contributed by atoms with Gasteiger partial charge in [-0.1, -0.05) is 32.9 Å². The maximum atomic E-state index is 13.1. The molecule has 1 heterocycles. The fraction of sp³-hybridized carbons (Fsp3) is 0.565. The van der Waals surface area contributed by atoms with E-state index in [1.165, 1.54) is 6.92 Å². The van der Waals surface area contributed by atoms with Crippen molar-refractivity contribution in [3.63, 3.8) is 0 Å². The van der Waals surface area contributed by atoms with Crippen LogP contribution in [0.15, 0.2) is 24.3 Å². The summed E-state index contributed by atoms with van der Waals surface area (Å²) in [5.41, 5.74) is 0.500. The van der Waals surface area contributed by atoms with E-state index in [-0.39, 0.29) is 11.3 Å². The standard InChI is InChI=1S/C23H31N3O5/c1-14-7-6-8-17(9-14)24-19(28)16(3)31-18(27)12-26-20(29)23(25-21(26)30)11-15(2)10-22(4,5)13-23/h6-9,15-16H,10-13H2,1-5H3,(H,24,28)(H,25,30)/t15-,16+,23+/m1/s1. The van der Waals surface area contributed by atoms with Crippen molar-refractivity contribution in [1.29, 1.82) is 0 Å². The zero-order valence-electron chi connectivity index (χ0n) is 18.8. The molecule has 1 aromatic carbocycles. The van der Waals surface area contributed by atoms with Crippen LogP contribution in [0.25, 0.3) is 0 Å². The van der Waals surface area contributed by atoms with Gasteiger partial charge in [-0.05, 0) is 62.1 Å². The number of anilines is 1. The summed E-state index contributed by atoms with van der Waals surface area (Å²) in [4.78, 5) is 51.3. The van der Waals surface area contributed by atoms with Gasteiger partial charge in [0.1, 0.15) is 12.1 Å². The van der Waals surface area contributed by atoms with Crippen molar-refractivity contribution < 1.29 is 23.9 Å². The van der Waals surface area contributed by atoms with Crippen LogP contribution in [0.2, 0.25) is 0 Å². The highest BCUT2D eigenvalue weighted by molar-refractivity contribution is 6.09. The Morgan fingerprint density at radius 2 is 2.00 bits per heavy atom. The molecular formula is C23H31N3O5. The molecule has 2 N–H and O–H groups in total. The number of nitrogens with zero attached hydrogens (tertiary/aromatic N) is 1. The van der Waals surface area contributed by atoms with Crippen LogP contribution in [-0.4, -0.2) is 46.9 Å². The van der Waals surface area contributed by atoms with E-state index >= 15 is 0 Å². The van der Waals surface area contributed by atoms with Crippen LogP contribution in [0.4, 0.5) is 10.5 Å². The number of esters is 1. The molecule has 0 radical (unpaired) electrons. The highest BCUT2D eigenvalue weighted by Crippen LogP contribution is 2.46. The van der Waals surface area contributed by atoms with Gasteiger partial charge >= 0.3 is 12.0 Å². The third kappa shape index (κ3) is 5.06. The molecule has 1 aromatic rings. The fourth-order valence-corrected chi connectivity index (χ4v) is 5.03. The molecular weight excluding hydrogens is 398 g/mol. The minimum absolute atomic E-state index is 0.0977. The van der Waals surface area contributed by atoms with Crippen LogP contribution >= 0.6 is 0 Å². The molecule has 168 valence electrons. The molecule has 0 unspecified atom stereocenters. The first-order valence-corrected chi connectivity index (χ1v) is 10.6. The Labute approximate surface area is 182 Å². The van der Waals surface area contributed by atoms with Gasteiger partial charge in [-0.25, -0.2) is 4.79 Å². The fourth-order valence-electron chi connectivity index (χ4n) is 5.03. The summed E-state index contributed by atoms with van der Waals surface area (Å²) in [6, 6.07) is 6.65. The van der Waals surface area contributed by atoms with Gasteiger partial charge in [0, 0.05) is 5.69 Å². The van der Waals surface area contributed by atoms with Gasteiger partial charge in [0.15, 0.2) is 6.10 Å². The zero-order valence-corrected chi connectivity index (χ0v) is 18.8. The van der Waals surface area contributed by atoms with Crippen molar-refractivity contribution in [3.05, 3.63) is 29.8 Å². The topological polar surface area (TPSA) is 105 Å². The molecule has 1 aliphatic carbocycles. The molecule has 1 saturated heterocycles. The number of rotatable bonds is 5. The molecule has 8 nitrogen and oxygen atoms in total. The lowest BCUT2D eigenvalue weighted by molar-refractivity contribution is -0.155. The van der Waals surface area contributed by atoms with Gasteiger partial charge in [-0.3, -0.25) is 19.3 Å². The molecule has 1 aliphatic heterocycles. The number of aryl methyl sites for hydroxylation is 1. The highest BCUT2D eigenvalue weighted by atomic mass is 16.5. The van der Waals surface area contributed by atoms with E-state index in [1.807, 2.05) is 19.1 Å². The van der Waals surface area contributed by atoms with Crippen molar-refractivity contribution in [1.82, 2.24) is 10.2 Å². The van der Waals surface area contributed by atoms with Gasteiger partial charge in [-0.2, -0.15) is 0 Å². The number of benzene rings is 1. The van der Waals surface area contributed by atoms with Crippen LogP contribution in [0.1, 0.15) is 52.5 Å². The Hall–Kier alpha value is -2.90. The van der Waals surface area contributed by atoms with Crippen LogP contribution < -0.4 is 10.6 Å². The van der Waals surface area contributed by atoms with Gasteiger partial charge < -0.3 is 15.4 Å². The lowest BCUT2D eigenvalue weighted by atomic mass is 9.64. The van der Waals surface area contributed by atoms with Crippen molar-refractivity contribution >= 4 is 29.5 Å². The number of hydrogen-bond donors (Lipinski definition) is 2. The normalized spacial score (nSPS) is 25.8. The third-order valence-electron chi connectivity index (χ3n) is 5.87. The Bertz CT molecular complexity index is 912. The summed E-state index contributed by atoms with van der Waals surface area (Å²) < 4.78 is 5.19. The average Bonchev–Trinajstić information content (AvgIpc) is 2.83. The van der Waals surface area contributed by atoms with E-state index in [4.69, 9.17) is 4.74 Å². The van der Waals surface area contributed by atoms with Gasteiger partial charge in [0.05, 0.1) is 0 Å². The van der Waals surface area contributed by atoms with Crippen molar-refractivity contribution in [2.45, 2.75) is 65.5 Å². The van der Waals surface area contributed by atoms with Gasteiger partial charge in [0.25, 0.3) is 11.8 Å². The summed E-state index contributed by atoms with van der Waals surface area (Å²) in [5, 5.41) is 5.51. The smallest absolute Gasteiger partial charge is 0.327 e. The first-order valence-electron chi connectivity index (χ1n) is 10.6. The minimum Gasteiger partial charge on any atom is -0.451 e. The summed E-state index contributed by atoms with van der Waals surface area (Å²) in [5.74, 6) is -1.43. The summed E-state index contributed by atoms with van der Waals surface area (Å²) in [6.45, 7) is 9.04. The molecule has 1 spiro atoms. The highest BCUT2D eigenvalue weighted by Gasteiger charge is 2.56. The molecule has 3 rings (SSSR count). The molecule has 2 aliphatic rings. The quantitative estimate of drug-likeness (QED) is 0.553. The number of amides is 4. The number of nitrogens with one attached hydrogen (secondary N) is 2. The molecule has 0 bridgehead atoms. The minimum atomic E-state index is -1.07. The lowest BCUT2D eigenvalue weighted by Gasteiger charge is -2.43. The number of urea groups is 1. The molecule has 31 heavy (non-hydrogen) atoms. The second-order valence-corrected chi connectivity index (χ2v) is 9.75. The number of carbonyl (C=O) groups excluding carboxylic acids is 4. The monoisotopic (exact) mass is 429 g/mol. The van der Waals surface area contributed by atoms with Gasteiger partial charge in [-0.15, -0.1) is 0 Å². The van der Waals surface area contributed by atoms with Crippen LogP contribution in [0, 0.1) is 18.3 Å². The van der Waals surface area contributed by atoms with E-state index < -0.39 is 42.0 Å². The number of carbonyl (C=O) groups is 4. The van der Waals surface area contributed by atoms with Crippen molar-refractivity contribution in [2.24, 2.45) is 11.3 Å².